The first-order valence-corrected chi connectivity index (χ1v) is 13.7. The van der Waals surface area contributed by atoms with Gasteiger partial charge in [-0.2, -0.15) is 0 Å². The van der Waals surface area contributed by atoms with Crippen LogP contribution in [0.5, 0.6) is 11.5 Å². The number of rotatable bonds is 19. The van der Waals surface area contributed by atoms with Gasteiger partial charge >= 0.3 is 5.97 Å². The van der Waals surface area contributed by atoms with E-state index >= 15 is 0 Å². The van der Waals surface area contributed by atoms with Crippen LogP contribution in [0.4, 0.5) is 0 Å². The minimum Gasteiger partial charge on any atom is -0.494 e. The van der Waals surface area contributed by atoms with Crippen LogP contribution in [-0.2, 0) is 11.2 Å². The Labute approximate surface area is 213 Å². The van der Waals surface area contributed by atoms with E-state index in [4.69, 9.17) is 14.2 Å². The Morgan fingerprint density at radius 1 is 0.743 bits per heavy atom. The zero-order chi connectivity index (χ0) is 25.1. The van der Waals surface area contributed by atoms with Gasteiger partial charge in [-0.05, 0) is 67.1 Å². The van der Waals surface area contributed by atoms with Crippen LogP contribution < -0.4 is 9.47 Å². The van der Waals surface area contributed by atoms with Crippen molar-refractivity contribution in [1.29, 1.82) is 0 Å². The summed E-state index contributed by atoms with van der Waals surface area (Å²) < 4.78 is 17.1. The van der Waals surface area contributed by atoms with Gasteiger partial charge in [-0.25, -0.2) is 4.79 Å². The summed E-state index contributed by atoms with van der Waals surface area (Å²) in [5, 5.41) is 0. The highest BCUT2D eigenvalue weighted by Gasteiger charge is 2.09. The van der Waals surface area contributed by atoms with Gasteiger partial charge in [-0.1, -0.05) is 84.3 Å². The Bertz CT molecular complexity index is 798. The van der Waals surface area contributed by atoms with Crippen LogP contribution >= 0.6 is 0 Å². The van der Waals surface area contributed by atoms with Crippen LogP contribution in [0.1, 0.15) is 101 Å². The van der Waals surface area contributed by atoms with Gasteiger partial charge in [-0.15, -0.1) is 0 Å². The summed E-state index contributed by atoms with van der Waals surface area (Å²) in [7, 11) is 0. The zero-order valence-corrected chi connectivity index (χ0v) is 22.2. The lowest BCUT2D eigenvalue weighted by atomic mass is 10.1. The van der Waals surface area contributed by atoms with E-state index in [0.717, 1.165) is 51.3 Å². The van der Waals surface area contributed by atoms with Crippen molar-refractivity contribution in [1.82, 2.24) is 0 Å². The molecule has 0 unspecified atom stereocenters. The number of carbonyl (C=O) groups excluding carboxylic acids is 1. The Morgan fingerprint density at radius 2 is 1.37 bits per heavy atom. The molecule has 0 saturated carbocycles. The van der Waals surface area contributed by atoms with E-state index in [9.17, 15) is 4.79 Å². The van der Waals surface area contributed by atoms with Crippen LogP contribution in [-0.4, -0.2) is 25.8 Å². The highest BCUT2D eigenvalue weighted by Crippen LogP contribution is 2.18. The number of ether oxygens (including phenoxy) is 3. The molecule has 2 aromatic carbocycles. The Morgan fingerprint density at radius 3 is 2.03 bits per heavy atom. The highest BCUT2D eigenvalue weighted by atomic mass is 16.5. The Kier molecular flexibility index (Phi) is 14.9. The third kappa shape index (κ3) is 12.8. The molecule has 0 bridgehead atoms. The molecule has 0 aliphatic carbocycles. The predicted molar refractivity (Wildman–Crippen MR) is 145 cm³/mol. The quantitative estimate of drug-likeness (QED) is 0.114. The van der Waals surface area contributed by atoms with E-state index in [-0.39, 0.29) is 5.97 Å². The first-order valence-electron chi connectivity index (χ1n) is 13.7. The maximum absolute atomic E-state index is 12.5. The molecular weight excluding hydrogens is 436 g/mol. The number of hydrogen-bond donors (Lipinski definition) is 0. The molecule has 0 aliphatic rings. The Balaban J connectivity index is 1.63. The molecule has 0 fully saturated rings. The molecule has 0 N–H and O–H groups in total. The molecule has 0 heterocycles. The lowest BCUT2D eigenvalue weighted by Gasteiger charge is -2.10. The number of unbranched alkanes of at least 4 members (excludes halogenated alkanes) is 7. The molecule has 2 rings (SSSR count). The number of esters is 1. The van der Waals surface area contributed by atoms with Gasteiger partial charge in [0.2, 0.25) is 0 Å². The number of hydrogen-bond acceptors (Lipinski definition) is 4. The Hall–Kier alpha value is -2.33. The van der Waals surface area contributed by atoms with Crippen molar-refractivity contribution >= 4 is 5.97 Å². The van der Waals surface area contributed by atoms with E-state index in [1.165, 1.54) is 50.5 Å². The molecule has 0 radical (unpaired) electrons. The monoisotopic (exact) mass is 482 g/mol. The van der Waals surface area contributed by atoms with Gasteiger partial charge in [0.1, 0.15) is 11.5 Å². The van der Waals surface area contributed by atoms with Crippen molar-refractivity contribution < 1.29 is 19.0 Å². The molecule has 0 aromatic heterocycles. The average molecular weight is 483 g/mol. The summed E-state index contributed by atoms with van der Waals surface area (Å²) in [4.78, 5) is 12.5. The van der Waals surface area contributed by atoms with Gasteiger partial charge in [0, 0.05) is 13.2 Å². The van der Waals surface area contributed by atoms with Crippen LogP contribution in [0.25, 0.3) is 0 Å². The van der Waals surface area contributed by atoms with Gasteiger partial charge in [0.25, 0.3) is 0 Å². The van der Waals surface area contributed by atoms with E-state index in [2.05, 4.69) is 20.8 Å². The fourth-order valence-electron chi connectivity index (χ4n) is 3.78. The van der Waals surface area contributed by atoms with Crippen molar-refractivity contribution in [2.45, 2.75) is 91.4 Å². The van der Waals surface area contributed by atoms with Crippen molar-refractivity contribution in [3.8, 4) is 11.5 Å². The molecule has 0 spiro atoms. The number of carbonyl (C=O) groups is 1. The van der Waals surface area contributed by atoms with E-state index in [1.54, 1.807) is 12.1 Å². The summed E-state index contributed by atoms with van der Waals surface area (Å²) in [5.41, 5.74) is 1.74. The second-order valence-electron chi connectivity index (χ2n) is 9.57. The van der Waals surface area contributed by atoms with Crippen LogP contribution in [0.15, 0.2) is 48.5 Å². The topological polar surface area (TPSA) is 44.8 Å². The highest BCUT2D eigenvalue weighted by molar-refractivity contribution is 5.91. The van der Waals surface area contributed by atoms with E-state index in [0.29, 0.717) is 17.2 Å². The first kappa shape index (κ1) is 28.9. The van der Waals surface area contributed by atoms with Crippen LogP contribution in [0, 0.1) is 5.92 Å². The standard InChI is InChI=1S/C31H46O4/c1-4-6-7-8-9-10-11-12-24-34-29-21-17-28(18-22-29)31(32)35-30-19-15-27(16-20-30)14-13-23-33-25-26(3)5-2/h15-22,26H,4-14,23-25H2,1-3H3/t26-/m0/s1. The molecular formula is C31H46O4. The lowest BCUT2D eigenvalue weighted by molar-refractivity contribution is 0.0734. The fourth-order valence-corrected chi connectivity index (χ4v) is 3.78. The minimum atomic E-state index is -0.356. The summed E-state index contributed by atoms with van der Waals surface area (Å²) in [6.07, 6.45) is 13.3. The van der Waals surface area contributed by atoms with Gasteiger partial charge < -0.3 is 14.2 Å². The first-order chi connectivity index (χ1) is 17.1. The molecule has 1 atom stereocenters. The van der Waals surface area contributed by atoms with Crippen molar-refractivity contribution in [3.63, 3.8) is 0 Å². The third-order valence-corrected chi connectivity index (χ3v) is 6.34. The van der Waals surface area contributed by atoms with Gasteiger partial charge in [-0.3, -0.25) is 0 Å². The number of benzene rings is 2. The molecule has 0 amide bonds. The van der Waals surface area contributed by atoms with Crippen LogP contribution in [0.2, 0.25) is 0 Å². The second-order valence-corrected chi connectivity index (χ2v) is 9.57. The van der Waals surface area contributed by atoms with Gasteiger partial charge in [0.15, 0.2) is 0 Å². The fraction of sp³-hybridized carbons (Fsp3) is 0.581. The lowest BCUT2D eigenvalue weighted by Crippen LogP contribution is -2.08. The molecule has 2 aromatic rings. The zero-order valence-electron chi connectivity index (χ0n) is 22.2. The van der Waals surface area contributed by atoms with Gasteiger partial charge in [0.05, 0.1) is 12.2 Å². The third-order valence-electron chi connectivity index (χ3n) is 6.34. The summed E-state index contributed by atoms with van der Waals surface area (Å²) in [6, 6.07) is 14.9. The van der Waals surface area contributed by atoms with E-state index in [1.807, 2.05) is 36.4 Å². The minimum absolute atomic E-state index is 0.356. The second kappa shape index (κ2) is 18.0. The molecule has 194 valence electrons. The molecule has 0 aliphatic heterocycles. The average Bonchev–Trinajstić information content (AvgIpc) is 2.88. The van der Waals surface area contributed by atoms with Crippen molar-refractivity contribution in [3.05, 3.63) is 59.7 Å². The van der Waals surface area contributed by atoms with Crippen LogP contribution in [0.3, 0.4) is 0 Å². The molecule has 4 heteroatoms. The summed E-state index contributed by atoms with van der Waals surface area (Å²) >= 11 is 0. The smallest absolute Gasteiger partial charge is 0.343 e. The SMILES string of the molecule is CCCCCCCCCCOc1ccc(C(=O)Oc2ccc(CCCOC[C@@H](C)CC)cc2)cc1. The summed E-state index contributed by atoms with van der Waals surface area (Å²) in [5.74, 6) is 1.61. The largest absolute Gasteiger partial charge is 0.494 e. The normalized spacial score (nSPS) is 11.9. The number of aryl methyl sites for hydroxylation is 1. The molecule has 0 saturated heterocycles. The van der Waals surface area contributed by atoms with Crippen molar-refractivity contribution in [2.24, 2.45) is 5.92 Å². The maximum Gasteiger partial charge on any atom is 0.343 e. The van der Waals surface area contributed by atoms with E-state index < -0.39 is 0 Å². The predicted octanol–water partition coefficient (Wildman–Crippen LogP) is 8.42. The molecule has 35 heavy (non-hydrogen) atoms. The maximum atomic E-state index is 12.5. The molecule has 4 nitrogen and oxygen atoms in total. The summed E-state index contributed by atoms with van der Waals surface area (Å²) in [6.45, 7) is 8.97. The van der Waals surface area contributed by atoms with Crippen molar-refractivity contribution in [2.75, 3.05) is 19.8 Å².